The summed E-state index contributed by atoms with van der Waals surface area (Å²) in [5.41, 5.74) is 5.52. The van der Waals surface area contributed by atoms with E-state index in [4.69, 9.17) is 10.5 Å². The molecular formula is C10H21N3O2. The van der Waals surface area contributed by atoms with Gasteiger partial charge in [0.1, 0.15) is 0 Å². The summed E-state index contributed by atoms with van der Waals surface area (Å²) in [4.78, 5) is 15.5. The van der Waals surface area contributed by atoms with Gasteiger partial charge in [-0.15, -0.1) is 0 Å². The molecule has 1 heterocycles. The molecule has 1 aliphatic heterocycles. The molecule has 0 radical (unpaired) electrons. The number of amides is 1. The number of nitrogens with zero attached hydrogens (tertiary/aromatic N) is 2. The molecule has 15 heavy (non-hydrogen) atoms. The van der Waals surface area contributed by atoms with Crippen LogP contribution in [0.2, 0.25) is 0 Å². The highest BCUT2D eigenvalue weighted by Crippen LogP contribution is 1.97. The first-order chi connectivity index (χ1) is 7.11. The van der Waals surface area contributed by atoms with Gasteiger partial charge in [0.05, 0.1) is 19.3 Å². The van der Waals surface area contributed by atoms with Gasteiger partial charge >= 0.3 is 0 Å². The molecule has 1 saturated heterocycles. The molecule has 1 amide bonds. The average Bonchev–Trinajstić information content (AvgIpc) is 2.26. The van der Waals surface area contributed by atoms with E-state index in [1.54, 1.807) is 18.9 Å². The molecule has 0 aromatic rings. The molecule has 0 bridgehead atoms. The summed E-state index contributed by atoms with van der Waals surface area (Å²) in [5, 5.41) is 0. The number of hydrogen-bond donors (Lipinski definition) is 1. The quantitative estimate of drug-likeness (QED) is 0.662. The van der Waals surface area contributed by atoms with Crippen LogP contribution in [-0.2, 0) is 9.53 Å². The molecule has 0 spiro atoms. The molecule has 1 unspecified atom stereocenters. The van der Waals surface area contributed by atoms with E-state index in [1.165, 1.54) is 0 Å². The summed E-state index contributed by atoms with van der Waals surface area (Å²) in [6.45, 7) is 6.86. The van der Waals surface area contributed by atoms with Crippen LogP contribution in [0.25, 0.3) is 0 Å². The lowest BCUT2D eigenvalue weighted by Crippen LogP contribution is -2.45. The van der Waals surface area contributed by atoms with Gasteiger partial charge in [-0.05, 0) is 6.92 Å². The molecule has 0 aliphatic carbocycles. The Kier molecular flexibility index (Phi) is 5.01. The predicted octanol–water partition coefficient (Wildman–Crippen LogP) is -0.876. The highest BCUT2D eigenvalue weighted by molar-refractivity contribution is 5.80. The van der Waals surface area contributed by atoms with Crippen molar-refractivity contribution in [1.82, 2.24) is 9.80 Å². The Balaban J connectivity index is 2.20. The van der Waals surface area contributed by atoms with Crippen molar-refractivity contribution >= 4 is 5.91 Å². The van der Waals surface area contributed by atoms with E-state index in [9.17, 15) is 4.79 Å². The van der Waals surface area contributed by atoms with Gasteiger partial charge in [0.2, 0.25) is 5.91 Å². The largest absolute Gasteiger partial charge is 0.379 e. The molecular weight excluding hydrogens is 194 g/mol. The number of hydrogen-bond acceptors (Lipinski definition) is 4. The number of nitrogens with two attached hydrogens (primary N) is 1. The van der Waals surface area contributed by atoms with Crippen molar-refractivity contribution < 1.29 is 9.53 Å². The first-order valence-electron chi connectivity index (χ1n) is 5.42. The number of ether oxygens (including phenoxy) is 1. The fraction of sp³-hybridized carbons (Fsp3) is 0.900. The zero-order valence-corrected chi connectivity index (χ0v) is 9.61. The third kappa shape index (κ3) is 4.15. The Morgan fingerprint density at radius 1 is 1.53 bits per heavy atom. The minimum atomic E-state index is -0.403. The average molecular weight is 215 g/mol. The molecule has 1 aliphatic rings. The maximum atomic E-state index is 11.5. The monoisotopic (exact) mass is 215 g/mol. The zero-order chi connectivity index (χ0) is 11.3. The van der Waals surface area contributed by atoms with Gasteiger partial charge < -0.3 is 15.4 Å². The lowest BCUT2D eigenvalue weighted by Gasteiger charge is -2.29. The van der Waals surface area contributed by atoms with Crippen LogP contribution in [0.5, 0.6) is 0 Å². The third-order valence-corrected chi connectivity index (χ3v) is 2.62. The highest BCUT2D eigenvalue weighted by atomic mass is 16.5. The van der Waals surface area contributed by atoms with Crippen LogP contribution < -0.4 is 5.73 Å². The van der Waals surface area contributed by atoms with Gasteiger partial charge in [-0.25, -0.2) is 0 Å². The fourth-order valence-corrected chi connectivity index (χ4v) is 1.57. The Bertz CT molecular complexity index is 203. The molecule has 5 heteroatoms. The van der Waals surface area contributed by atoms with Crippen LogP contribution in [0.3, 0.4) is 0 Å². The Hall–Kier alpha value is -0.650. The third-order valence-electron chi connectivity index (χ3n) is 2.62. The number of carbonyl (C=O) groups is 1. The van der Waals surface area contributed by atoms with Crippen molar-refractivity contribution in [2.45, 2.75) is 13.0 Å². The van der Waals surface area contributed by atoms with Gasteiger partial charge in [-0.1, -0.05) is 0 Å². The van der Waals surface area contributed by atoms with Gasteiger partial charge in [0.25, 0.3) is 0 Å². The summed E-state index contributed by atoms with van der Waals surface area (Å²) < 4.78 is 5.25. The Morgan fingerprint density at radius 3 is 2.67 bits per heavy atom. The van der Waals surface area contributed by atoms with Crippen LogP contribution in [0.15, 0.2) is 0 Å². The minimum Gasteiger partial charge on any atom is -0.379 e. The smallest absolute Gasteiger partial charge is 0.238 e. The van der Waals surface area contributed by atoms with Crippen LogP contribution in [0.4, 0.5) is 0 Å². The minimum absolute atomic E-state index is 0.00302. The second-order valence-corrected chi connectivity index (χ2v) is 4.00. The second-order valence-electron chi connectivity index (χ2n) is 4.00. The molecule has 0 saturated carbocycles. The van der Waals surface area contributed by atoms with Crippen molar-refractivity contribution in [3.8, 4) is 0 Å². The van der Waals surface area contributed by atoms with Crippen molar-refractivity contribution in [2.75, 3.05) is 46.4 Å². The summed E-state index contributed by atoms with van der Waals surface area (Å²) in [6.07, 6.45) is 0. The maximum absolute atomic E-state index is 11.5. The highest BCUT2D eigenvalue weighted by Gasteiger charge is 2.15. The van der Waals surface area contributed by atoms with Crippen LogP contribution in [0, 0.1) is 0 Å². The van der Waals surface area contributed by atoms with E-state index in [1.807, 2.05) is 0 Å². The van der Waals surface area contributed by atoms with E-state index in [0.717, 1.165) is 39.4 Å². The van der Waals surface area contributed by atoms with Gasteiger partial charge in [0, 0.05) is 33.2 Å². The molecule has 1 rings (SSSR count). The second kappa shape index (κ2) is 6.05. The standard InChI is InChI=1S/C10H21N3O2/c1-9(11)10(14)12(2)3-4-13-5-7-15-8-6-13/h9H,3-8,11H2,1-2H3. The van der Waals surface area contributed by atoms with E-state index in [0.29, 0.717) is 0 Å². The van der Waals surface area contributed by atoms with Gasteiger partial charge in [-0.3, -0.25) is 9.69 Å². The van der Waals surface area contributed by atoms with Crippen molar-refractivity contribution in [3.63, 3.8) is 0 Å². The fourth-order valence-electron chi connectivity index (χ4n) is 1.57. The maximum Gasteiger partial charge on any atom is 0.238 e. The topological polar surface area (TPSA) is 58.8 Å². The summed E-state index contributed by atoms with van der Waals surface area (Å²) >= 11 is 0. The molecule has 0 aromatic carbocycles. The SMILES string of the molecule is CC(N)C(=O)N(C)CCN1CCOCC1. The predicted molar refractivity (Wildman–Crippen MR) is 58.5 cm³/mol. The van der Waals surface area contributed by atoms with Crippen molar-refractivity contribution in [1.29, 1.82) is 0 Å². The number of carbonyl (C=O) groups excluding carboxylic acids is 1. The molecule has 1 fully saturated rings. The van der Waals surface area contributed by atoms with Crippen molar-refractivity contribution in [2.24, 2.45) is 5.73 Å². The molecule has 1 atom stereocenters. The van der Waals surface area contributed by atoms with Crippen LogP contribution >= 0.6 is 0 Å². The molecule has 0 aromatic heterocycles. The summed E-state index contributed by atoms with van der Waals surface area (Å²) in [6, 6.07) is -0.403. The Morgan fingerprint density at radius 2 is 2.13 bits per heavy atom. The van der Waals surface area contributed by atoms with E-state index in [2.05, 4.69) is 4.90 Å². The lowest BCUT2D eigenvalue weighted by molar-refractivity contribution is -0.131. The van der Waals surface area contributed by atoms with Gasteiger partial charge in [0.15, 0.2) is 0 Å². The van der Waals surface area contributed by atoms with Crippen LogP contribution in [0.1, 0.15) is 6.92 Å². The number of morpholine rings is 1. The molecule has 88 valence electrons. The first-order valence-corrected chi connectivity index (χ1v) is 5.42. The van der Waals surface area contributed by atoms with E-state index in [-0.39, 0.29) is 5.91 Å². The normalized spacial score (nSPS) is 19.9. The lowest BCUT2D eigenvalue weighted by atomic mass is 10.3. The Labute approximate surface area is 91.2 Å². The summed E-state index contributed by atoms with van der Waals surface area (Å²) in [7, 11) is 1.80. The van der Waals surface area contributed by atoms with Gasteiger partial charge in [-0.2, -0.15) is 0 Å². The first kappa shape index (κ1) is 12.4. The zero-order valence-electron chi connectivity index (χ0n) is 9.61. The molecule has 2 N–H and O–H groups in total. The summed E-state index contributed by atoms with van der Waals surface area (Å²) in [5.74, 6) is 0.00302. The van der Waals surface area contributed by atoms with Crippen LogP contribution in [-0.4, -0.2) is 68.2 Å². The van der Waals surface area contributed by atoms with E-state index >= 15 is 0 Å². The van der Waals surface area contributed by atoms with E-state index < -0.39 is 6.04 Å². The number of rotatable bonds is 4. The number of likely N-dealkylation sites (N-methyl/N-ethyl adjacent to an activating group) is 1. The van der Waals surface area contributed by atoms with Crippen molar-refractivity contribution in [3.05, 3.63) is 0 Å². The molecule has 5 nitrogen and oxygen atoms in total.